The van der Waals surface area contributed by atoms with Crippen LogP contribution in [0.5, 0.6) is 0 Å². The first kappa shape index (κ1) is 16.5. The molecule has 4 nitrogen and oxygen atoms in total. The number of thiophene rings is 1. The molecule has 1 atom stereocenters. The Labute approximate surface area is 130 Å². The van der Waals surface area contributed by atoms with E-state index in [1.807, 2.05) is 13.8 Å². The molecular formula is C16H25NO3S. The molecule has 21 heavy (non-hydrogen) atoms. The van der Waals surface area contributed by atoms with Gasteiger partial charge >= 0.3 is 0 Å². The number of hydrogen-bond donors (Lipinski definition) is 1. The number of carbonyl (C=O) groups excluding carboxylic acids is 1. The SMILES string of the molecule is Cc1ccc(CN(CCO)C(=O)[C@H]2CCOC(C)(C)C2)s1. The maximum atomic E-state index is 12.8. The number of rotatable bonds is 5. The molecular weight excluding hydrogens is 286 g/mol. The zero-order valence-corrected chi connectivity index (χ0v) is 13.9. The third-order valence-electron chi connectivity index (χ3n) is 3.87. The van der Waals surface area contributed by atoms with Crippen LogP contribution in [0, 0.1) is 12.8 Å². The Hall–Kier alpha value is -0.910. The van der Waals surface area contributed by atoms with Crippen LogP contribution in [0.2, 0.25) is 0 Å². The average Bonchev–Trinajstić information content (AvgIpc) is 2.82. The van der Waals surface area contributed by atoms with Crippen molar-refractivity contribution in [1.29, 1.82) is 0 Å². The van der Waals surface area contributed by atoms with E-state index in [-0.39, 0.29) is 24.0 Å². The lowest BCUT2D eigenvalue weighted by Crippen LogP contribution is -2.44. The lowest BCUT2D eigenvalue weighted by Gasteiger charge is -2.37. The zero-order chi connectivity index (χ0) is 15.5. The largest absolute Gasteiger partial charge is 0.395 e. The van der Waals surface area contributed by atoms with Gasteiger partial charge in [0, 0.05) is 28.8 Å². The van der Waals surface area contributed by atoms with Gasteiger partial charge in [0.05, 0.1) is 18.8 Å². The summed E-state index contributed by atoms with van der Waals surface area (Å²) in [5, 5.41) is 9.25. The monoisotopic (exact) mass is 311 g/mol. The fourth-order valence-electron chi connectivity index (χ4n) is 2.85. The Morgan fingerprint density at radius 1 is 1.52 bits per heavy atom. The van der Waals surface area contributed by atoms with Crippen molar-refractivity contribution < 1.29 is 14.6 Å². The third-order valence-corrected chi connectivity index (χ3v) is 4.86. The number of nitrogens with zero attached hydrogens (tertiary/aromatic N) is 1. The van der Waals surface area contributed by atoms with Crippen molar-refractivity contribution in [2.45, 2.75) is 45.8 Å². The molecule has 5 heteroatoms. The molecule has 1 saturated heterocycles. The van der Waals surface area contributed by atoms with Crippen LogP contribution in [-0.4, -0.2) is 41.3 Å². The van der Waals surface area contributed by atoms with Crippen LogP contribution in [0.3, 0.4) is 0 Å². The quantitative estimate of drug-likeness (QED) is 0.909. The predicted octanol–water partition coefficient (Wildman–Crippen LogP) is 2.58. The summed E-state index contributed by atoms with van der Waals surface area (Å²) in [6.45, 7) is 7.75. The smallest absolute Gasteiger partial charge is 0.226 e. The van der Waals surface area contributed by atoms with Crippen LogP contribution >= 0.6 is 11.3 Å². The highest BCUT2D eigenvalue weighted by Gasteiger charge is 2.34. The van der Waals surface area contributed by atoms with Crippen molar-refractivity contribution in [2.24, 2.45) is 5.92 Å². The van der Waals surface area contributed by atoms with Gasteiger partial charge in [-0.3, -0.25) is 4.79 Å². The molecule has 1 aromatic rings. The molecule has 0 spiro atoms. The van der Waals surface area contributed by atoms with E-state index in [2.05, 4.69) is 19.1 Å². The summed E-state index contributed by atoms with van der Waals surface area (Å²) in [4.78, 5) is 17.0. The Morgan fingerprint density at radius 3 is 2.86 bits per heavy atom. The Kier molecular flexibility index (Phi) is 5.41. The van der Waals surface area contributed by atoms with Crippen LogP contribution in [-0.2, 0) is 16.1 Å². The second-order valence-corrected chi connectivity index (χ2v) is 7.67. The second kappa shape index (κ2) is 6.90. The van der Waals surface area contributed by atoms with Gasteiger partial charge in [-0.15, -0.1) is 11.3 Å². The number of aliphatic hydroxyl groups is 1. The van der Waals surface area contributed by atoms with Crippen molar-refractivity contribution in [1.82, 2.24) is 4.90 Å². The van der Waals surface area contributed by atoms with E-state index in [1.54, 1.807) is 16.2 Å². The number of ether oxygens (including phenoxy) is 1. The molecule has 0 unspecified atom stereocenters. The first-order valence-electron chi connectivity index (χ1n) is 7.50. The summed E-state index contributed by atoms with van der Waals surface area (Å²) in [5.41, 5.74) is -0.233. The molecule has 2 heterocycles. The van der Waals surface area contributed by atoms with Gasteiger partial charge in [0.1, 0.15) is 0 Å². The van der Waals surface area contributed by atoms with E-state index in [0.29, 0.717) is 19.7 Å². The van der Waals surface area contributed by atoms with Crippen molar-refractivity contribution in [3.05, 3.63) is 21.9 Å². The van der Waals surface area contributed by atoms with Gasteiger partial charge in [-0.05, 0) is 45.7 Å². The third kappa shape index (κ3) is 4.53. The van der Waals surface area contributed by atoms with Crippen molar-refractivity contribution in [3.63, 3.8) is 0 Å². The van der Waals surface area contributed by atoms with Crippen LogP contribution in [0.25, 0.3) is 0 Å². The van der Waals surface area contributed by atoms with Gasteiger partial charge in [0.2, 0.25) is 5.91 Å². The highest BCUT2D eigenvalue weighted by atomic mass is 32.1. The summed E-state index contributed by atoms with van der Waals surface area (Å²) in [6, 6.07) is 4.13. The number of aliphatic hydroxyl groups excluding tert-OH is 1. The summed E-state index contributed by atoms with van der Waals surface area (Å²) in [5.74, 6) is 0.146. The fraction of sp³-hybridized carbons (Fsp3) is 0.688. The molecule has 1 aromatic heterocycles. The summed E-state index contributed by atoms with van der Waals surface area (Å²) >= 11 is 1.71. The molecule has 1 amide bonds. The molecule has 0 aliphatic carbocycles. The normalized spacial score (nSPS) is 21.2. The lowest BCUT2D eigenvalue weighted by atomic mass is 9.87. The van der Waals surface area contributed by atoms with Gasteiger partial charge in [0.15, 0.2) is 0 Å². The zero-order valence-electron chi connectivity index (χ0n) is 13.1. The molecule has 1 N–H and O–H groups in total. The Balaban J connectivity index is 2.04. The van der Waals surface area contributed by atoms with E-state index in [1.165, 1.54) is 9.75 Å². The van der Waals surface area contributed by atoms with E-state index >= 15 is 0 Å². The second-order valence-electron chi connectivity index (χ2n) is 6.29. The van der Waals surface area contributed by atoms with Gasteiger partial charge < -0.3 is 14.7 Å². The van der Waals surface area contributed by atoms with E-state index in [0.717, 1.165) is 12.8 Å². The fourth-order valence-corrected chi connectivity index (χ4v) is 3.75. The van der Waals surface area contributed by atoms with E-state index < -0.39 is 0 Å². The Bertz CT molecular complexity index is 484. The average molecular weight is 311 g/mol. The molecule has 0 saturated carbocycles. The lowest BCUT2D eigenvalue weighted by molar-refractivity contribution is -0.146. The summed E-state index contributed by atoms with van der Waals surface area (Å²) < 4.78 is 5.69. The predicted molar refractivity (Wildman–Crippen MR) is 84.3 cm³/mol. The minimum Gasteiger partial charge on any atom is -0.395 e. The van der Waals surface area contributed by atoms with Gasteiger partial charge in [-0.25, -0.2) is 0 Å². The molecule has 1 aliphatic rings. The van der Waals surface area contributed by atoms with Crippen molar-refractivity contribution in [2.75, 3.05) is 19.8 Å². The standard InChI is InChI=1S/C16H25NO3S/c1-12-4-5-14(21-12)11-17(7-8-18)15(19)13-6-9-20-16(2,3)10-13/h4-5,13,18H,6-11H2,1-3H3/t13-/m0/s1. The highest BCUT2D eigenvalue weighted by molar-refractivity contribution is 7.11. The van der Waals surface area contributed by atoms with Crippen LogP contribution < -0.4 is 0 Å². The molecule has 0 radical (unpaired) electrons. The van der Waals surface area contributed by atoms with Crippen molar-refractivity contribution >= 4 is 17.2 Å². The molecule has 2 rings (SSSR count). The number of carbonyl (C=O) groups is 1. The molecule has 1 fully saturated rings. The van der Waals surface area contributed by atoms with Crippen molar-refractivity contribution in [3.8, 4) is 0 Å². The minimum atomic E-state index is -0.233. The van der Waals surface area contributed by atoms with Gasteiger partial charge in [-0.2, -0.15) is 0 Å². The summed E-state index contributed by atoms with van der Waals surface area (Å²) in [6.07, 6.45) is 1.52. The number of aryl methyl sites for hydroxylation is 1. The molecule has 0 bridgehead atoms. The van der Waals surface area contributed by atoms with Gasteiger partial charge in [-0.1, -0.05) is 0 Å². The first-order chi connectivity index (χ1) is 9.91. The maximum absolute atomic E-state index is 12.8. The van der Waals surface area contributed by atoms with E-state index in [4.69, 9.17) is 4.74 Å². The molecule has 1 aliphatic heterocycles. The molecule has 0 aromatic carbocycles. The highest BCUT2D eigenvalue weighted by Crippen LogP contribution is 2.30. The number of hydrogen-bond acceptors (Lipinski definition) is 4. The molecule has 118 valence electrons. The first-order valence-corrected chi connectivity index (χ1v) is 8.32. The number of amides is 1. The van der Waals surface area contributed by atoms with Gasteiger partial charge in [0.25, 0.3) is 0 Å². The van der Waals surface area contributed by atoms with Crippen LogP contribution in [0.15, 0.2) is 12.1 Å². The topological polar surface area (TPSA) is 49.8 Å². The van der Waals surface area contributed by atoms with Crippen LogP contribution in [0.4, 0.5) is 0 Å². The summed E-state index contributed by atoms with van der Waals surface area (Å²) in [7, 11) is 0. The maximum Gasteiger partial charge on any atom is 0.226 e. The van der Waals surface area contributed by atoms with E-state index in [9.17, 15) is 9.90 Å². The van der Waals surface area contributed by atoms with Crippen LogP contribution in [0.1, 0.15) is 36.4 Å². The Morgan fingerprint density at radius 2 is 2.29 bits per heavy atom. The minimum absolute atomic E-state index is 0.00126.